The van der Waals surface area contributed by atoms with Crippen LogP contribution in [0.15, 0.2) is 35.3 Å². The van der Waals surface area contributed by atoms with Crippen molar-refractivity contribution in [2.75, 3.05) is 5.32 Å². The third-order valence-electron chi connectivity index (χ3n) is 4.01. The minimum Gasteiger partial charge on any atom is -0.328 e. The third-order valence-corrected chi connectivity index (χ3v) is 4.01. The molecule has 0 radical (unpaired) electrons. The summed E-state index contributed by atoms with van der Waals surface area (Å²) in [6.07, 6.45) is 1.55. The second kappa shape index (κ2) is 6.82. The predicted octanol–water partition coefficient (Wildman–Crippen LogP) is 4.18. The van der Waals surface area contributed by atoms with Crippen LogP contribution in [0.4, 0.5) is 5.69 Å². The molecule has 0 fully saturated rings. The smallest absolute Gasteiger partial charge is 0.261 e. The Hall–Kier alpha value is -2.36. The molecule has 2 aromatic rings. The third kappa shape index (κ3) is 3.52. The minimum absolute atomic E-state index is 0.167. The van der Waals surface area contributed by atoms with Crippen molar-refractivity contribution in [2.24, 2.45) is 0 Å². The molecule has 2 N–H and O–H groups in total. The SMILES string of the molecule is Cc1cc[nH]c(=O)c1C(=O)Nc1c(C(C)C)cccc1C(C)C. The number of anilines is 1. The van der Waals surface area contributed by atoms with Crippen molar-refractivity contribution in [3.63, 3.8) is 0 Å². The van der Waals surface area contributed by atoms with Crippen LogP contribution in [0, 0.1) is 6.92 Å². The van der Waals surface area contributed by atoms with E-state index >= 15 is 0 Å². The molecule has 122 valence electrons. The fourth-order valence-electron chi connectivity index (χ4n) is 2.73. The summed E-state index contributed by atoms with van der Waals surface area (Å²) in [7, 11) is 0. The van der Waals surface area contributed by atoms with Crippen molar-refractivity contribution >= 4 is 11.6 Å². The van der Waals surface area contributed by atoms with Gasteiger partial charge in [-0.25, -0.2) is 0 Å². The first kappa shape index (κ1) is 17.0. The van der Waals surface area contributed by atoms with E-state index in [0.717, 1.165) is 16.8 Å². The van der Waals surface area contributed by atoms with Crippen molar-refractivity contribution in [2.45, 2.75) is 46.5 Å². The molecule has 23 heavy (non-hydrogen) atoms. The minimum atomic E-state index is -0.365. The highest BCUT2D eigenvalue weighted by Crippen LogP contribution is 2.32. The number of amides is 1. The van der Waals surface area contributed by atoms with Gasteiger partial charge in [0.25, 0.3) is 11.5 Å². The Kier molecular flexibility index (Phi) is 5.04. The van der Waals surface area contributed by atoms with Gasteiger partial charge in [0.15, 0.2) is 0 Å². The Labute approximate surface area is 137 Å². The molecule has 1 amide bonds. The number of rotatable bonds is 4. The first-order valence-corrected chi connectivity index (χ1v) is 7.95. The van der Waals surface area contributed by atoms with Crippen molar-refractivity contribution < 1.29 is 4.79 Å². The number of carbonyl (C=O) groups excluding carboxylic acids is 1. The lowest BCUT2D eigenvalue weighted by molar-refractivity contribution is 0.102. The van der Waals surface area contributed by atoms with Crippen molar-refractivity contribution in [3.8, 4) is 0 Å². The Morgan fingerprint density at radius 3 is 2.09 bits per heavy atom. The zero-order chi connectivity index (χ0) is 17.1. The van der Waals surface area contributed by atoms with E-state index in [1.807, 2.05) is 18.2 Å². The van der Waals surface area contributed by atoms with Gasteiger partial charge in [0.2, 0.25) is 0 Å². The molecule has 4 nitrogen and oxygen atoms in total. The van der Waals surface area contributed by atoms with Gasteiger partial charge in [0.05, 0.1) is 0 Å². The normalized spacial score (nSPS) is 11.1. The molecule has 0 unspecified atom stereocenters. The molecule has 0 saturated heterocycles. The van der Waals surface area contributed by atoms with Crippen LogP contribution in [0.2, 0.25) is 0 Å². The molecule has 2 rings (SSSR count). The fourth-order valence-corrected chi connectivity index (χ4v) is 2.73. The van der Waals surface area contributed by atoms with Gasteiger partial charge in [-0.15, -0.1) is 0 Å². The highest BCUT2D eigenvalue weighted by molar-refractivity contribution is 6.05. The maximum atomic E-state index is 12.7. The van der Waals surface area contributed by atoms with Crippen LogP contribution in [0.1, 0.15) is 66.6 Å². The quantitative estimate of drug-likeness (QED) is 0.889. The first-order valence-electron chi connectivity index (χ1n) is 7.95. The number of para-hydroxylation sites is 1. The molecule has 0 atom stereocenters. The van der Waals surface area contributed by atoms with Gasteiger partial charge in [-0.2, -0.15) is 0 Å². The van der Waals surface area contributed by atoms with Gasteiger partial charge in [0.1, 0.15) is 5.56 Å². The van der Waals surface area contributed by atoms with E-state index in [2.05, 4.69) is 38.0 Å². The summed E-state index contributed by atoms with van der Waals surface area (Å²) in [5.41, 5.74) is 3.45. The number of benzene rings is 1. The molecule has 0 spiro atoms. The van der Waals surface area contributed by atoms with Crippen LogP contribution in [0.5, 0.6) is 0 Å². The second-order valence-electron chi connectivity index (χ2n) is 6.44. The molecule has 4 heteroatoms. The van der Waals surface area contributed by atoms with E-state index in [9.17, 15) is 9.59 Å². The lowest BCUT2D eigenvalue weighted by Crippen LogP contribution is -2.25. The molecule has 0 aliphatic carbocycles. The number of hydrogen-bond acceptors (Lipinski definition) is 2. The van der Waals surface area contributed by atoms with E-state index < -0.39 is 0 Å². The predicted molar refractivity (Wildman–Crippen MR) is 94.4 cm³/mol. The Balaban J connectivity index is 2.51. The Morgan fingerprint density at radius 2 is 1.61 bits per heavy atom. The molecule has 1 aromatic heterocycles. The van der Waals surface area contributed by atoms with E-state index in [1.165, 1.54) is 0 Å². The monoisotopic (exact) mass is 312 g/mol. The van der Waals surface area contributed by atoms with E-state index in [4.69, 9.17) is 0 Å². The van der Waals surface area contributed by atoms with E-state index in [-0.39, 0.29) is 28.9 Å². The summed E-state index contributed by atoms with van der Waals surface area (Å²) in [6.45, 7) is 10.1. The maximum absolute atomic E-state index is 12.7. The molecule has 1 heterocycles. The molecular formula is C19H24N2O2. The van der Waals surface area contributed by atoms with Crippen molar-refractivity contribution in [3.05, 3.63) is 63.1 Å². The number of aromatic amines is 1. The number of hydrogen-bond donors (Lipinski definition) is 2. The second-order valence-corrected chi connectivity index (χ2v) is 6.44. The van der Waals surface area contributed by atoms with Crippen LogP contribution in [-0.2, 0) is 0 Å². The van der Waals surface area contributed by atoms with E-state index in [1.54, 1.807) is 19.2 Å². The summed E-state index contributed by atoms with van der Waals surface area (Å²) in [6, 6.07) is 7.79. The number of nitrogens with one attached hydrogen (secondary N) is 2. The van der Waals surface area contributed by atoms with Gasteiger partial charge < -0.3 is 10.3 Å². The number of pyridine rings is 1. The summed E-state index contributed by atoms with van der Waals surface area (Å²) >= 11 is 0. The first-order chi connectivity index (χ1) is 10.8. The number of aryl methyl sites for hydroxylation is 1. The van der Waals surface area contributed by atoms with Gasteiger partial charge in [-0.05, 0) is 41.5 Å². The van der Waals surface area contributed by atoms with Crippen LogP contribution >= 0.6 is 0 Å². The zero-order valence-corrected chi connectivity index (χ0v) is 14.4. The molecule has 1 aromatic carbocycles. The number of carbonyl (C=O) groups is 1. The number of aromatic nitrogens is 1. The van der Waals surface area contributed by atoms with Crippen LogP contribution in [0.3, 0.4) is 0 Å². The molecule has 0 bridgehead atoms. The molecule has 0 aliphatic heterocycles. The standard InChI is InChI=1S/C19H24N2O2/c1-11(2)14-7-6-8-15(12(3)4)17(14)21-19(23)16-13(5)9-10-20-18(16)22/h6-12H,1-5H3,(H,20,22)(H,21,23). The van der Waals surface area contributed by atoms with Gasteiger partial charge in [-0.3, -0.25) is 9.59 Å². The van der Waals surface area contributed by atoms with Crippen molar-refractivity contribution in [1.29, 1.82) is 0 Å². The van der Waals surface area contributed by atoms with Crippen molar-refractivity contribution in [1.82, 2.24) is 4.98 Å². The molecular weight excluding hydrogens is 288 g/mol. The lowest BCUT2D eigenvalue weighted by atomic mass is 9.92. The molecule has 0 aliphatic rings. The molecule has 0 saturated carbocycles. The van der Waals surface area contributed by atoms with Gasteiger partial charge in [-0.1, -0.05) is 45.9 Å². The van der Waals surface area contributed by atoms with Crippen LogP contribution in [-0.4, -0.2) is 10.9 Å². The van der Waals surface area contributed by atoms with Gasteiger partial charge >= 0.3 is 0 Å². The summed E-state index contributed by atoms with van der Waals surface area (Å²) in [5, 5.41) is 2.98. The van der Waals surface area contributed by atoms with Crippen LogP contribution < -0.4 is 10.9 Å². The van der Waals surface area contributed by atoms with Gasteiger partial charge in [0, 0.05) is 11.9 Å². The Morgan fingerprint density at radius 1 is 1.04 bits per heavy atom. The fraction of sp³-hybridized carbons (Fsp3) is 0.368. The summed E-state index contributed by atoms with van der Waals surface area (Å²) < 4.78 is 0. The number of H-pyrrole nitrogens is 1. The summed E-state index contributed by atoms with van der Waals surface area (Å²) in [5.74, 6) is 0.192. The average Bonchev–Trinajstić information content (AvgIpc) is 2.46. The van der Waals surface area contributed by atoms with Crippen LogP contribution in [0.25, 0.3) is 0 Å². The average molecular weight is 312 g/mol. The largest absolute Gasteiger partial charge is 0.328 e. The Bertz CT molecular complexity index is 747. The zero-order valence-electron chi connectivity index (χ0n) is 14.4. The van der Waals surface area contributed by atoms with E-state index in [0.29, 0.717) is 5.56 Å². The maximum Gasteiger partial charge on any atom is 0.261 e. The lowest BCUT2D eigenvalue weighted by Gasteiger charge is -2.20. The topological polar surface area (TPSA) is 62.0 Å². The highest BCUT2D eigenvalue weighted by Gasteiger charge is 2.19. The highest BCUT2D eigenvalue weighted by atomic mass is 16.2. The summed E-state index contributed by atoms with van der Waals surface area (Å²) in [4.78, 5) is 27.2.